The van der Waals surface area contributed by atoms with Gasteiger partial charge in [-0.25, -0.2) is 4.98 Å². The molecule has 2 atom stereocenters. The molecular weight excluding hydrogens is 274 g/mol. The average Bonchev–Trinajstić information content (AvgIpc) is 2.84. The van der Waals surface area contributed by atoms with Gasteiger partial charge in [0.05, 0.1) is 29.2 Å². The van der Waals surface area contributed by atoms with E-state index in [0.29, 0.717) is 6.42 Å². The Morgan fingerprint density at radius 2 is 1.86 bits per heavy atom. The van der Waals surface area contributed by atoms with Crippen LogP contribution in [-0.4, -0.2) is 21.2 Å². The molecule has 0 spiro atoms. The highest BCUT2D eigenvalue weighted by atomic mass is 16.3. The zero-order valence-electron chi connectivity index (χ0n) is 13.4. The van der Waals surface area contributed by atoms with Crippen LogP contribution in [-0.2, 0) is 19.3 Å². The zero-order chi connectivity index (χ0) is 15.7. The van der Waals surface area contributed by atoms with Gasteiger partial charge in [0, 0.05) is 6.42 Å². The summed E-state index contributed by atoms with van der Waals surface area (Å²) < 4.78 is 0. The van der Waals surface area contributed by atoms with Gasteiger partial charge in [-0.2, -0.15) is 0 Å². The van der Waals surface area contributed by atoms with Gasteiger partial charge in [0.2, 0.25) is 0 Å². The summed E-state index contributed by atoms with van der Waals surface area (Å²) in [5.41, 5.74) is 5.35. The molecule has 2 aromatic rings. The number of fused-ring (bicyclic) bond motifs is 1. The number of nitrogens with one attached hydrogen (secondary N) is 1. The molecule has 1 aliphatic carbocycles. The molecule has 116 valence electrons. The van der Waals surface area contributed by atoms with Crippen LogP contribution in [0.4, 0.5) is 5.82 Å². The molecule has 0 fully saturated rings. The Labute approximate surface area is 131 Å². The molecule has 1 aromatic carbocycles. The van der Waals surface area contributed by atoms with Gasteiger partial charge >= 0.3 is 0 Å². The quantitative estimate of drug-likeness (QED) is 0.911. The number of aliphatic hydroxyl groups is 1. The lowest BCUT2D eigenvalue weighted by atomic mass is 10.1. The van der Waals surface area contributed by atoms with E-state index in [0.717, 1.165) is 41.3 Å². The highest BCUT2D eigenvalue weighted by molar-refractivity contribution is 5.48. The molecule has 1 aromatic heterocycles. The van der Waals surface area contributed by atoms with Crippen LogP contribution in [0.3, 0.4) is 0 Å². The SMILES string of the molecule is CCc1nc(N[C@@H]2c3ccccc3CC2O)c(CC)nc1C. The summed E-state index contributed by atoms with van der Waals surface area (Å²) in [4.78, 5) is 9.43. The van der Waals surface area contributed by atoms with Gasteiger partial charge in [0.1, 0.15) is 5.82 Å². The minimum Gasteiger partial charge on any atom is -0.390 e. The Morgan fingerprint density at radius 1 is 1.14 bits per heavy atom. The van der Waals surface area contributed by atoms with Gasteiger partial charge in [-0.15, -0.1) is 0 Å². The molecule has 0 saturated heterocycles. The topological polar surface area (TPSA) is 58.0 Å². The molecule has 0 aliphatic heterocycles. The van der Waals surface area contributed by atoms with E-state index in [2.05, 4.69) is 36.3 Å². The van der Waals surface area contributed by atoms with Gasteiger partial charge in [0.15, 0.2) is 0 Å². The van der Waals surface area contributed by atoms with Crippen molar-refractivity contribution >= 4 is 5.82 Å². The van der Waals surface area contributed by atoms with Crippen molar-refractivity contribution in [3.63, 3.8) is 0 Å². The zero-order valence-corrected chi connectivity index (χ0v) is 13.4. The van der Waals surface area contributed by atoms with Crippen molar-refractivity contribution in [2.24, 2.45) is 0 Å². The van der Waals surface area contributed by atoms with Crippen LogP contribution in [0.15, 0.2) is 24.3 Å². The van der Waals surface area contributed by atoms with Gasteiger partial charge in [-0.05, 0) is 30.9 Å². The van der Waals surface area contributed by atoms with Crippen LogP contribution in [0, 0.1) is 6.92 Å². The number of aryl methyl sites for hydroxylation is 3. The smallest absolute Gasteiger partial charge is 0.148 e. The number of nitrogens with zero attached hydrogens (tertiary/aromatic N) is 2. The summed E-state index contributed by atoms with van der Waals surface area (Å²) >= 11 is 0. The van der Waals surface area contributed by atoms with Crippen LogP contribution >= 0.6 is 0 Å². The van der Waals surface area contributed by atoms with E-state index >= 15 is 0 Å². The molecule has 2 N–H and O–H groups in total. The Balaban J connectivity index is 1.96. The first-order valence-electron chi connectivity index (χ1n) is 8.02. The molecule has 0 radical (unpaired) electrons. The van der Waals surface area contributed by atoms with Crippen molar-refractivity contribution in [1.82, 2.24) is 9.97 Å². The van der Waals surface area contributed by atoms with E-state index in [4.69, 9.17) is 4.98 Å². The number of benzene rings is 1. The number of hydrogen-bond donors (Lipinski definition) is 2. The molecule has 0 amide bonds. The molecule has 22 heavy (non-hydrogen) atoms. The fourth-order valence-electron chi connectivity index (χ4n) is 3.19. The number of rotatable bonds is 4. The lowest BCUT2D eigenvalue weighted by Gasteiger charge is -2.21. The summed E-state index contributed by atoms with van der Waals surface area (Å²) in [6.45, 7) is 6.18. The number of aliphatic hydroxyl groups excluding tert-OH is 1. The molecule has 1 heterocycles. The van der Waals surface area contributed by atoms with E-state index in [1.165, 1.54) is 5.56 Å². The third-order valence-corrected chi connectivity index (χ3v) is 4.41. The van der Waals surface area contributed by atoms with Gasteiger partial charge in [-0.1, -0.05) is 38.1 Å². The highest BCUT2D eigenvalue weighted by Crippen LogP contribution is 2.34. The third kappa shape index (κ3) is 2.59. The summed E-state index contributed by atoms with van der Waals surface area (Å²) in [5, 5.41) is 13.9. The first-order chi connectivity index (χ1) is 10.6. The van der Waals surface area contributed by atoms with Crippen molar-refractivity contribution in [3.8, 4) is 0 Å². The maximum Gasteiger partial charge on any atom is 0.148 e. The van der Waals surface area contributed by atoms with Crippen molar-refractivity contribution in [3.05, 3.63) is 52.5 Å². The molecule has 0 saturated carbocycles. The van der Waals surface area contributed by atoms with E-state index in [1.54, 1.807) is 0 Å². The Hall–Kier alpha value is -1.94. The minimum atomic E-state index is -0.421. The molecular formula is C18H23N3O. The normalized spacial score (nSPS) is 20.0. The minimum absolute atomic E-state index is 0.108. The summed E-state index contributed by atoms with van der Waals surface area (Å²) in [7, 11) is 0. The van der Waals surface area contributed by atoms with Crippen molar-refractivity contribution in [1.29, 1.82) is 0 Å². The Kier molecular flexibility index (Phi) is 4.12. The monoisotopic (exact) mass is 297 g/mol. The van der Waals surface area contributed by atoms with E-state index in [-0.39, 0.29) is 6.04 Å². The standard InChI is InChI=1S/C18H23N3O/c1-4-14-11(3)19-15(5-2)18(20-14)21-17-13-9-7-6-8-12(13)10-16(17)22/h6-9,16-17,22H,4-5,10H2,1-3H3,(H,20,21)/t16?,17-/m1/s1. The highest BCUT2D eigenvalue weighted by Gasteiger charge is 2.31. The second-order valence-electron chi connectivity index (χ2n) is 5.85. The van der Waals surface area contributed by atoms with E-state index in [1.807, 2.05) is 19.1 Å². The molecule has 3 rings (SSSR count). The van der Waals surface area contributed by atoms with Crippen molar-refractivity contribution in [2.75, 3.05) is 5.32 Å². The third-order valence-electron chi connectivity index (χ3n) is 4.41. The fraction of sp³-hybridized carbons (Fsp3) is 0.444. The molecule has 1 unspecified atom stereocenters. The summed E-state index contributed by atoms with van der Waals surface area (Å²) in [6.07, 6.45) is 1.96. The Morgan fingerprint density at radius 3 is 2.59 bits per heavy atom. The van der Waals surface area contributed by atoms with Gasteiger partial charge < -0.3 is 10.4 Å². The van der Waals surface area contributed by atoms with Gasteiger partial charge in [-0.3, -0.25) is 4.98 Å². The lowest BCUT2D eigenvalue weighted by Crippen LogP contribution is -2.23. The van der Waals surface area contributed by atoms with Crippen LogP contribution < -0.4 is 5.32 Å². The van der Waals surface area contributed by atoms with Gasteiger partial charge in [0.25, 0.3) is 0 Å². The van der Waals surface area contributed by atoms with Crippen LogP contribution in [0.2, 0.25) is 0 Å². The predicted octanol–water partition coefficient (Wildman–Crippen LogP) is 2.98. The maximum absolute atomic E-state index is 10.4. The lowest BCUT2D eigenvalue weighted by molar-refractivity contribution is 0.165. The number of aromatic nitrogens is 2. The predicted molar refractivity (Wildman–Crippen MR) is 88.0 cm³/mol. The number of anilines is 1. The molecule has 4 heteroatoms. The first-order valence-corrected chi connectivity index (χ1v) is 8.02. The number of hydrogen-bond acceptors (Lipinski definition) is 4. The average molecular weight is 297 g/mol. The van der Waals surface area contributed by atoms with Crippen LogP contribution in [0.25, 0.3) is 0 Å². The Bertz CT molecular complexity index is 684. The van der Waals surface area contributed by atoms with Crippen LogP contribution in [0.5, 0.6) is 0 Å². The second kappa shape index (κ2) is 6.05. The molecule has 0 bridgehead atoms. The molecule has 1 aliphatic rings. The van der Waals surface area contributed by atoms with E-state index < -0.39 is 6.10 Å². The first kappa shape index (κ1) is 15.0. The van der Waals surface area contributed by atoms with Crippen molar-refractivity contribution in [2.45, 2.75) is 52.2 Å². The van der Waals surface area contributed by atoms with Crippen molar-refractivity contribution < 1.29 is 5.11 Å². The van der Waals surface area contributed by atoms with Crippen LogP contribution in [0.1, 0.15) is 48.1 Å². The summed E-state index contributed by atoms with van der Waals surface area (Å²) in [5.74, 6) is 0.811. The summed E-state index contributed by atoms with van der Waals surface area (Å²) in [6, 6.07) is 8.09. The molecule has 4 nitrogen and oxygen atoms in total. The largest absolute Gasteiger partial charge is 0.390 e. The van der Waals surface area contributed by atoms with E-state index in [9.17, 15) is 5.11 Å². The second-order valence-corrected chi connectivity index (χ2v) is 5.85. The maximum atomic E-state index is 10.4. The fourth-order valence-corrected chi connectivity index (χ4v) is 3.19.